The van der Waals surface area contributed by atoms with Crippen LogP contribution in [-0.4, -0.2) is 69.3 Å². The highest BCUT2D eigenvalue weighted by Gasteiger charge is 2.31. The molecule has 0 aliphatic carbocycles. The van der Waals surface area contributed by atoms with Crippen molar-refractivity contribution in [2.24, 2.45) is 0 Å². The molecular formula is C9H19N3O2S. The molecule has 3 aliphatic heterocycles. The van der Waals surface area contributed by atoms with E-state index in [1.807, 2.05) is 0 Å². The summed E-state index contributed by atoms with van der Waals surface area (Å²) in [7, 11) is -3.03. The summed E-state index contributed by atoms with van der Waals surface area (Å²) in [6, 6.07) is 0.369. The Hall–Kier alpha value is -0.170. The molecule has 1 N–H and O–H groups in total. The van der Waals surface area contributed by atoms with Gasteiger partial charge >= 0.3 is 0 Å². The van der Waals surface area contributed by atoms with Gasteiger partial charge in [-0.25, -0.2) is 13.1 Å². The summed E-state index contributed by atoms with van der Waals surface area (Å²) in [6.07, 6.45) is 0. The van der Waals surface area contributed by atoms with Crippen molar-refractivity contribution in [3.05, 3.63) is 0 Å². The maximum atomic E-state index is 11.3. The summed E-state index contributed by atoms with van der Waals surface area (Å²) < 4.78 is 25.3. The van der Waals surface area contributed by atoms with Crippen molar-refractivity contribution >= 4 is 10.0 Å². The molecule has 0 aromatic rings. The van der Waals surface area contributed by atoms with E-state index in [4.69, 9.17) is 0 Å². The van der Waals surface area contributed by atoms with Crippen molar-refractivity contribution < 1.29 is 8.42 Å². The Morgan fingerprint density at radius 3 is 2.40 bits per heavy atom. The molecule has 3 saturated heterocycles. The van der Waals surface area contributed by atoms with Crippen LogP contribution in [-0.2, 0) is 10.0 Å². The molecular weight excluding hydrogens is 214 g/mol. The van der Waals surface area contributed by atoms with Gasteiger partial charge < -0.3 is 0 Å². The van der Waals surface area contributed by atoms with E-state index >= 15 is 0 Å². The molecule has 6 heteroatoms. The number of nitrogens with zero attached hydrogens (tertiary/aromatic N) is 2. The Morgan fingerprint density at radius 2 is 1.93 bits per heavy atom. The Morgan fingerprint density at radius 1 is 1.27 bits per heavy atom. The number of rotatable bonds is 4. The Labute approximate surface area is 91.5 Å². The second-order valence-electron chi connectivity index (χ2n) is 4.24. The van der Waals surface area contributed by atoms with Gasteiger partial charge in [0.15, 0.2) is 0 Å². The summed E-state index contributed by atoms with van der Waals surface area (Å²) in [5, 5.41) is 0. The molecule has 0 saturated carbocycles. The van der Waals surface area contributed by atoms with E-state index in [9.17, 15) is 8.42 Å². The average Bonchev–Trinajstić information content (AvgIpc) is 2.28. The highest BCUT2D eigenvalue weighted by molar-refractivity contribution is 7.89. The third-order valence-corrected chi connectivity index (χ3v) is 4.68. The predicted molar refractivity (Wildman–Crippen MR) is 59.3 cm³/mol. The third-order valence-electron chi connectivity index (χ3n) is 3.31. The van der Waals surface area contributed by atoms with Crippen molar-refractivity contribution in [2.45, 2.75) is 13.0 Å². The minimum absolute atomic E-state index is 0.170. The first kappa shape index (κ1) is 11.3. The van der Waals surface area contributed by atoms with Crippen LogP contribution in [0.2, 0.25) is 0 Å². The van der Waals surface area contributed by atoms with Crippen molar-refractivity contribution in [3.63, 3.8) is 0 Å². The first-order valence-electron chi connectivity index (χ1n) is 5.54. The lowest BCUT2D eigenvalue weighted by atomic mass is 10.1. The number of sulfonamides is 1. The van der Waals surface area contributed by atoms with Crippen molar-refractivity contribution in [2.75, 3.05) is 45.0 Å². The van der Waals surface area contributed by atoms with Gasteiger partial charge in [-0.2, -0.15) is 0 Å². The minimum Gasteiger partial charge on any atom is -0.299 e. The highest BCUT2D eigenvalue weighted by Crippen LogP contribution is 2.14. The second kappa shape index (κ2) is 4.37. The summed E-state index contributed by atoms with van der Waals surface area (Å²) in [5.41, 5.74) is 0. The lowest BCUT2D eigenvalue weighted by Gasteiger charge is -2.47. The Balaban J connectivity index is 1.86. The molecule has 0 aromatic heterocycles. The van der Waals surface area contributed by atoms with Crippen LogP contribution < -0.4 is 4.72 Å². The number of fused-ring (bicyclic) bond motifs is 3. The van der Waals surface area contributed by atoms with Gasteiger partial charge in [0.2, 0.25) is 10.0 Å². The standard InChI is InChI=1S/C9H19N3O2S/c1-2-15(13,14)10-7-9-8-11-3-5-12(9)6-4-11/h9-10H,2-8H2,1H3. The summed E-state index contributed by atoms with van der Waals surface area (Å²) in [4.78, 5) is 4.79. The van der Waals surface area contributed by atoms with Gasteiger partial charge in [-0.15, -0.1) is 0 Å². The van der Waals surface area contributed by atoms with Gasteiger partial charge in [0.05, 0.1) is 5.75 Å². The molecule has 3 fully saturated rings. The average molecular weight is 233 g/mol. The fraction of sp³-hybridized carbons (Fsp3) is 1.00. The predicted octanol–water partition coefficient (Wildman–Crippen LogP) is -1.07. The highest BCUT2D eigenvalue weighted by atomic mass is 32.2. The van der Waals surface area contributed by atoms with Crippen LogP contribution >= 0.6 is 0 Å². The summed E-state index contributed by atoms with van der Waals surface area (Å²) >= 11 is 0. The van der Waals surface area contributed by atoms with E-state index in [1.54, 1.807) is 6.92 Å². The molecule has 2 bridgehead atoms. The fourth-order valence-corrected chi connectivity index (χ4v) is 2.89. The van der Waals surface area contributed by atoms with Crippen LogP contribution in [0, 0.1) is 0 Å². The molecule has 3 heterocycles. The maximum Gasteiger partial charge on any atom is 0.211 e. The fourth-order valence-electron chi connectivity index (χ4n) is 2.24. The van der Waals surface area contributed by atoms with E-state index < -0.39 is 10.0 Å². The van der Waals surface area contributed by atoms with E-state index in [-0.39, 0.29) is 5.75 Å². The smallest absolute Gasteiger partial charge is 0.211 e. The van der Waals surface area contributed by atoms with E-state index in [0.29, 0.717) is 12.6 Å². The molecule has 88 valence electrons. The zero-order chi connectivity index (χ0) is 10.9. The van der Waals surface area contributed by atoms with Crippen LogP contribution in [0.4, 0.5) is 0 Å². The summed E-state index contributed by atoms with van der Waals surface area (Å²) in [6.45, 7) is 7.67. The van der Waals surface area contributed by atoms with Gasteiger partial charge in [0.25, 0.3) is 0 Å². The zero-order valence-corrected chi connectivity index (χ0v) is 9.96. The third kappa shape index (κ3) is 2.69. The monoisotopic (exact) mass is 233 g/mol. The van der Waals surface area contributed by atoms with Gasteiger partial charge in [-0.05, 0) is 6.92 Å². The molecule has 5 nitrogen and oxygen atoms in total. The first-order chi connectivity index (χ1) is 7.11. The molecule has 0 spiro atoms. The van der Waals surface area contributed by atoms with E-state index in [1.165, 1.54) is 0 Å². The molecule has 3 rings (SSSR count). The molecule has 0 aromatic carbocycles. The van der Waals surface area contributed by atoms with Crippen molar-refractivity contribution in [1.29, 1.82) is 0 Å². The second-order valence-corrected chi connectivity index (χ2v) is 6.34. The first-order valence-corrected chi connectivity index (χ1v) is 7.19. The van der Waals surface area contributed by atoms with Gasteiger partial charge in [0, 0.05) is 45.3 Å². The number of piperazine rings is 3. The van der Waals surface area contributed by atoms with Crippen molar-refractivity contribution in [3.8, 4) is 0 Å². The number of nitrogens with one attached hydrogen (secondary N) is 1. The number of hydrogen-bond acceptors (Lipinski definition) is 4. The quantitative estimate of drug-likeness (QED) is 0.671. The van der Waals surface area contributed by atoms with Crippen LogP contribution in [0.15, 0.2) is 0 Å². The van der Waals surface area contributed by atoms with Crippen molar-refractivity contribution in [1.82, 2.24) is 14.5 Å². The zero-order valence-electron chi connectivity index (χ0n) is 9.15. The molecule has 1 atom stereocenters. The molecule has 0 amide bonds. The van der Waals surface area contributed by atoms with E-state index in [2.05, 4.69) is 14.5 Å². The normalized spacial score (nSPS) is 35.7. The minimum atomic E-state index is -3.03. The molecule has 15 heavy (non-hydrogen) atoms. The van der Waals surface area contributed by atoms with Crippen LogP contribution in [0.3, 0.4) is 0 Å². The molecule has 0 radical (unpaired) electrons. The van der Waals surface area contributed by atoms with Crippen LogP contribution in [0.5, 0.6) is 0 Å². The van der Waals surface area contributed by atoms with Crippen LogP contribution in [0.25, 0.3) is 0 Å². The van der Waals surface area contributed by atoms with Crippen LogP contribution in [0.1, 0.15) is 6.92 Å². The SMILES string of the molecule is CCS(=O)(=O)NCC1CN2CCN1CC2. The summed E-state index contributed by atoms with van der Waals surface area (Å²) in [5.74, 6) is 0.170. The lowest BCUT2D eigenvalue weighted by Crippen LogP contribution is -2.63. The Bertz CT molecular complexity index is 309. The molecule has 1 unspecified atom stereocenters. The number of hydrogen-bond donors (Lipinski definition) is 1. The lowest BCUT2D eigenvalue weighted by molar-refractivity contribution is 0.0158. The van der Waals surface area contributed by atoms with E-state index in [0.717, 1.165) is 32.7 Å². The van der Waals surface area contributed by atoms with Gasteiger partial charge in [-0.3, -0.25) is 9.80 Å². The Kier molecular flexibility index (Phi) is 3.30. The molecule has 3 aliphatic rings. The van der Waals surface area contributed by atoms with Gasteiger partial charge in [-0.1, -0.05) is 0 Å². The van der Waals surface area contributed by atoms with Gasteiger partial charge in [0.1, 0.15) is 0 Å². The topological polar surface area (TPSA) is 52.7 Å². The maximum absolute atomic E-state index is 11.3. The largest absolute Gasteiger partial charge is 0.299 e.